The fourth-order valence-corrected chi connectivity index (χ4v) is 7.73. The molecular formula is C33H34FN7O2S. The topological polar surface area (TPSA) is 109 Å². The standard InChI is InChI=1S/C33H34FN7O2S/c1-3-27(42)41-15-14-40(19-22(41)11-12-35)31-25(17-36)33(43-20-23-9-5-13-39(23)2)38-30-26(31)18-37-29(28(30)34)24-10-4-7-21-8-6-16-44-32(21)24/h3-4,7,10,18,22-23H,1,5-6,8-9,11,13-16,19-20H2,2H3/t22-,23-/m0/s1. The Hall–Kier alpha value is -4.19. The molecule has 0 N–H and O–H groups in total. The third-order valence-corrected chi connectivity index (χ3v) is 10.1. The lowest BCUT2D eigenvalue weighted by Crippen LogP contribution is -2.55. The minimum absolute atomic E-state index is 0.0808. The first-order chi connectivity index (χ1) is 21.4. The number of carbonyl (C=O) groups is 1. The molecular weight excluding hydrogens is 577 g/mol. The number of likely N-dealkylation sites (N-methyl/N-ethyl adjacent to an activating group) is 1. The summed E-state index contributed by atoms with van der Waals surface area (Å²) >= 11 is 1.72. The summed E-state index contributed by atoms with van der Waals surface area (Å²) in [4.78, 5) is 28.7. The predicted molar refractivity (Wildman–Crippen MR) is 168 cm³/mol. The number of aryl methyl sites for hydroxylation is 1. The number of pyridine rings is 2. The summed E-state index contributed by atoms with van der Waals surface area (Å²) in [6.07, 6.45) is 6.99. The van der Waals surface area contributed by atoms with Crippen molar-refractivity contribution in [2.75, 3.05) is 50.5 Å². The Morgan fingerprint density at radius 2 is 2.11 bits per heavy atom. The van der Waals surface area contributed by atoms with Crippen molar-refractivity contribution in [2.24, 2.45) is 0 Å². The van der Waals surface area contributed by atoms with Crippen molar-refractivity contribution in [2.45, 2.75) is 49.1 Å². The first-order valence-corrected chi connectivity index (χ1v) is 16.0. The number of thioether (sulfide) groups is 1. The van der Waals surface area contributed by atoms with Crippen LogP contribution in [0.1, 0.15) is 36.8 Å². The molecule has 0 radical (unpaired) electrons. The van der Waals surface area contributed by atoms with Crippen LogP contribution in [0.15, 0.2) is 41.9 Å². The Balaban J connectivity index is 1.49. The number of nitrogens with zero attached hydrogens (tertiary/aromatic N) is 7. The van der Waals surface area contributed by atoms with Crippen LogP contribution in [0, 0.1) is 28.5 Å². The summed E-state index contributed by atoms with van der Waals surface area (Å²) in [5.74, 6) is 0.225. The van der Waals surface area contributed by atoms with Crippen molar-refractivity contribution in [3.8, 4) is 29.3 Å². The number of halogens is 1. The highest BCUT2D eigenvalue weighted by Crippen LogP contribution is 2.42. The maximum absolute atomic E-state index is 16.7. The van der Waals surface area contributed by atoms with Gasteiger partial charge in [0.15, 0.2) is 5.82 Å². The van der Waals surface area contributed by atoms with Crippen LogP contribution >= 0.6 is 11.8 Å². The number of amides is 1. The van der Waals surface area contributed by atoms with Crippen molar-refractivity contribution in [1.29, 1.82) is 10.5 Å². The molecule has 44 heavy (non-hydrogen) atoms. The Labute approximate surface area is 260 Å². The van der Waals surface area contributed by atoms with Gasteiger partial charge in [-0.25, -0.2) is 9.37 Å². The molecule has 2 saturated heterocycles. The van der Waals surface area contributed by atoms with Gasteiger partial charge in [-0.3, -0.25) is 9.78 Å². The van der Waals surface area contributed by atoms with Crippen molar-refractivity contribution >= 4 is 34.3 Å². The van der Waals surface area contributed by atoms with Crippen LogP contribution in [0.2, 0.25) is 0 Å². The summed E-state index contributed by atoms with van der Waals surface area (Å²) in [5, 5.41) is 20.4. The number of carbonyl (C=O) groups excluding carboxylic acids is 1. The molecule has 9 nitrogen and oxygen atoms in total. The van der Waals surface area contributed by atoms with Crippen LogP contribution in [-0.2, 0) is 11.2 Å². The molecule has 6 rings (SSSR count). The van der Waals surface area contributed by atoms with E-state index >= 15 is 4.39 Å². The lowest BCUT2D eigenvalue weighted by Gasteiger charge is -2.42. The first kappa shape index (κ1) is 29.9. The van der Waals surface area contributed by atoms with E-state index in [1.54, 1.807) is 22.9 Å². The van der Waals surface area contributed by atoms with Crippen molar-refractivity contribution in [3.63, 3.8) is 0 Å². The Kier molecular flexibility index (Phi) is 8.69. The SMILES string of the molecule is C=CC(=O)N1CCN(c2c(C#N)c(OC[C@@H]3CCCN3C)nc3c(F)c(-c4cccc5c4SCCC5)ncc23)C[C@@H]1CC#N. The third-order valence-electron chi connectivity index (χ3n) is 8.88. The molecule has 3 aromatic rings. The Morgan fingerprint density at radius 1 is 1.25 bits per heavy atom. The summed E-state index contributed by atoms with van der Waals surface area (Å²) in [7, 11) is 2.04. The van der Waals surface area contributed by atoms with E-state index in [2.05, 4.69) is 39.7 Å². The molecule has 2 atom stereocenters. The molecule has 0 spiro atoms. The maximum atomic E-state index is 16.7. The number of likely N-dealkylation sites (tertiary alicyclic amines) is 1. The zero-order chi connectivity index (χ0) is 30.8. The van der Waals surface area contributed by atoms with E-state index in [9.17, 15) is 15.3 Å². The lowest BCUT2D eigenvalue weighted by molar-refractivity contribution is -0.128. The van der Waals surface area contributed by atoms with Crippen LogP contribution in [-0.4, -0.2) is 83.3 Å². The van der Waals surface area contributed by atoms with Gasteiger partial charge in [0.05, 0.1) is 24.2 Å². The first-order valence-electron chi connectivity index (χ1n) is 15.0. The van der Waals surface area contributed by atoms with E-state index < -0.39 is 11.9 Å². The van der Waals surface area contributed by atoms with E-state index in [1.807, 2.05) is 24.1 Å². The van der Waals surface area contributed by atoms with Crippen LogP contribution in [0.25, 0.3) is 22.2 Å². The number of piperazine rings is 1. The number of hydrogen-bond donors (Lipinski definition) is 0. The van der Waals surface area contributed by atoms with E-state index in [4.69, 9.17) is 4.74 Å². The number of ether oxygens (including phenoxy) is 1. The number of benzene rings is 1. The number of aromatic nitrogens is 2. The molecule has 1 aromatic carbocycles. The Bertz CT molecular complexity index is 1700. The van der Waals surface area contributed by atoms with E-state index in [1.165, 1.54) is 11.6 Å². The second-order valence-corrected chi connectivity index (χ2v) is 12.6. The van der Waals surface area contributed by atoms with Gasteiger partial charge >= 0.3 is 0 Å². The summed E-state index contributed by atoms with van der Waals surface area (Å²) < 4.78 is 22.9. The largest absolute Gasteiger partial charge is 0.475 e. The molecule has 0 saturated carbocycles. The molecule has 5 heterocycles. The molecule has 2 aromatic heterocycles. The normalized spacial score (nSPS) is 20.2. The second kappa shape index (κ2) is 12.8. The lowest BCUT2D eigenvalue weighted by atomic mass is 10.0. The third kappa shape index (κ3) is 5.47. The van der Waals surface area contributed by atoms with E-state index in [-0.39, 0.29) is 47.6 Å². The highest BCUT2D eigenvalue weighted by molar-refractivity contribution is 7.99. The van der Waals surface area contributed by atoms with Gasteiger partial charge in [0.2, 0.25) is 11.8 Å². The number of fused-ring (bicyclic) bond motifs is 2. The van der Waals surface area contributed by atoms with Crippen molar-refractivity contribution in [3.05, 3.63) is 54.0 Å². The summed E-state index contributed by atoms with van der Waals surface area (Å²) in [5.41, 5.74) is 2.88. The van der Waals surface area contributed by atoms with Gasteiger partial charge in [0.25, 0.3) is 0 Å². The highest BCUT2D eigenvalue weighted by Gasteiger charge is 2.34. The van der Waals surface area contributed by atoms with E-state index in [0.29, 0.717) is 30.8 Å². The van der Waals surface area contributed by atoms with Gasteiger partial charge in [-0.1, -0.05) is 24.8 Å². The molecule has 0 bridgehead atoms. The fraction of sp³-hybridized carbons (Fsp3) is 0.424. The van der Waals surface area contributed by atoms with Gasteiger partial charge in [-0.2, -0.15) is 10.5 Å². The molecule has 3 aliphatic rings. The van der Waals surface area contributed by atoms with Crippen LogP contribution in [0.5, 0.6) is 5.88 Å². The summed E-state index contributed by atoms with van der Waals surface area (Å²) in [6.45, 7) is 5.85. The molecule has 2 fully saturated rings. The smallest absolute Gasteiger partial charge is 0.246 e. The van der Waals surface area contributed by atoms with Gasteiger partial charge < -0.3 is 19.4 Å². The van der Waals surface area contributed by atoms with Crippen LogP contribution < -0.4 is 9.64 Å². The monoisotopic (exact) mass is 611 g/mol. The van der Waals surface area contributed by atoms with Crippen LogP contribution in [0.3, 0.4) is 0 Å². The van der Waals surface area contributed by atoms with Crippen molar-refractivity contribution in [1.82, 2.24) is 19.8 Å². The number of nitriles is 2. The van der Waals surface area contributed by atoms with Gasteiger partial charge in [-0.05, 0) is 56.7 Å². The van der Waals surface area contributed by atoms with E-state index in [0.717, 1.165) is 48.4 Å². The number of anilines is 1. The minimum atomic E-state index is -0.565. The molecule has 1 amide bonds. The fourth-order valence-electron chi connectivity index (χ4n) is 6.56. The molecule has 3 aliphatic heterocycles. The molecule has 11 heteroatoms. The quantitative estimate of drug-likeness (QED) is 0.343. The molecule has 0 aliphatic carbocycles. The van der Waals surface area contributed by atoms with Gasteiger partial charge in [0.1, 0.15) is 29.5 Å². The zero-order valence-corrected chi connectivity index (χ0v) is 25.6. The Morgan fingerprint density at radius 3 is 2.86 bits per heavy atom. The number of rotatable bonds is 7. The van der Waals surface area contributed by atoms with Gasteiger partial charge in [0, 0.05) is 47.7 Å². The predicted octanol–water partition coefficient (Wildman–Crippen LogP) is 4.94. The van der Waals surface area contributed by atoms with Crippen LogP contribution in [0.4, 0.5) is 10.1 Å². The molecule has 226 valence electrons. The number of hydrogen-bond acceptors (Lipinski definition) is 9. The highest BCUT2D eigenvalue weighted by atomic mass is 32.2. The zero-order valence-electron chi connectivity index (χ0n) is 24.8. The average molecular weight is 612 g/mol. The van der Waals surface area contributed by atoms with Crippen molar-refractivity contribution < 1.29 is 13.9 Å². The molecule has 0 unspecified atom stereocenters. The van der Waals surface area contributed by atoms with Gasteiger partial charge in [-0.15, -0.1) is 11.8 Å². The summed E-state index contributed by atoms with van der Waals surface area (Å²) in [6, 6.07) is 10.1. The average Bonchev–Trinajstić information content (AvgIpc) is 3.47. The second-order valence-electron chi connectivity index (χ2n) is 11.5. The maximum Gasteiger partial charge on any atom is 0.246 e. The minimum Gasteiger partial charge on any atom is -0.475 e.